The van der Waals surface area contributed by atoms with Gasteiger partial charge in [0, 0.05) is 16.1 Å². The van der Waals surface area contributed by atoms with Crippen molar-refractivity contribution in [3.8, 4) is 11.3 Å². The predicted octanol–water partition coefficient (Wildman–Crippen LogP) is 3.92. The summed E-state index contributed by atoms with van der Waals surface area (Å²) in [6, 6.07) is 5.08. The van der Waals surface area contributed by atoms with Crippen molar-refractivity contribution in [1.29, 1.82) is 0 Å². The first-order valence-corrected chi connectivity index (χ1v) is 6.50. The summed E-state index contributed by atoms with van der Waals surface area (Å²) in [7, 11) is 0. The fourth-order valence-electron chi connectivity index (χ4n) is 2.09. The van der Waals surface area contributed by atoms with Crippen molar-refractivity contribution >= 4 is 21.7 Å². The Labute approximate surface area is 114 Å². The Morgan fingerprint density at radius 2 is 2.06 bits per heavy atom. The van der Waals surface area contributed by atoms with Crippen LogP contribution in [0.5, 0.6) is 0 Å². The number of aromatic nitrogens is 2. The van der Waals surface area contributed by atoms with E-state index < -0.39 is 0 Å². The van der Waals surface area contributed by atoms with Crippen LogP contribution in [-0.4, -0.2) is 9.55 Å². The molecule has 2 rings (SSSR count). The molecule has 0 aliphatic heterocycles. The molecule has 5 heteroatoms. The number of aryl methyl sites for hydroxylation is 1. The van der Waals surface area contributed by atoms with E-state index in [1.165, 1.54) is 6.07 Å². The second-order valence-corrected chi connectivity index (χ2v) is 5.40. The van der Waals surface area contributed by atoms with Crippen molar-refractivity contribution in [3.05, 3.63) is 34.3 Å². The monoisotopic (exact) mass is 311 g/mol. The topological polar surface area (TPSA) is 43.8 Å². The molecular weight excluding hydrogens is 297 g/mol. The molecule has 1 aromatic heterocycles. The molecular formula is C13H15BrFN3. The van der Waals surface area contributed by atoms with Gasteiger partial charge in [-0.1, -0.05) is 15.9 Å². The summed E-state index contributed by atoms with van der Waals surface area (Å²) in [5.41, 5.74) is 7.00. The Hall–Kier alpha value is -1.36. The van der Waals surface area contributed by atoms with Gasteiger partial charge in [0.2, 0.25) is 0 Å². The zero-order valence-electron chi connectivity index (χ0n) is 10.5. The molecule has 0 aliphatic carbocycles. The Morgan fingerprint density at radius 1 is 1.39 bits per heavy atom. The number of imidazole rings is 1. The van der Waals surface area contributed by atoms with Gasteiger partial charge >= 0.3 is 0 Å². The van der Waals surface area contributed by atoms with Gasteiger partial charge in [-0.3, -0.25) is 0 Å². The van der Waals surface area contributed by atoms with Crippen LogP contribution in [0.1, 0.15) is 25.7 Å². The molecule has 1 aromatic carbocycles. The van der Waals surface area contributed by atoms with E-state index in [9.17, 15) is 4.39 Å². The Morgan fingerprint density at radius 3 is 2.56 bits per heavy atom. The predicted molar refractivity (Wildman–Crippen MR) is 74.9 cm³/mol. The standard InChI is InChI=1S/C13H15BrFN3/c1-7(2)18-8(3)17-12(13(18)16)10-5-4-9(14)6-11(10)15/h4-7H,16H2,1-3H3. The average molecular weight is 312 g/mol. The highest BCUT2D eigenvalue weighted by Crippen LogP contribution is 2.31. The van der Waals surface area contributed by atoms with Gasteiger partial charge in [-0.25, -0.2) is 9.37 Å². The second-order valence-electron chi connectivity index (χ2n) is 4.48. The molecule has 96 valence electrons. The molecule has 0 unspecified atom stereocenters. The number of hydrogen-bond donors (Lipinski definition) is 1. The number of halogens is 2. The third-order valence-corrected chi connectivity index (χ3v) is 3.32. The van der Waals surface area contributed by atoms with Crippen LogP contribution in [0, 0.1) is 12.7 Å². The largest absolute Gasteiger partial charge is 0.383 e. The fraction of sp³-hybridized carbons (Fsp3) is 0.308. The van der Waals surface area contributed by atoms with E-state index in [1.54, 1.807) is 12.1 Å². The lowest BCUT2D eigenvalue weighted by Gasteiger charge is -2.11. The average Bonchev–Trinajstić information content (AvgIpc) is 2.54. The quantitative estimate of drug-likeness (QED) is 0.913. The maximum Gasteiger partial charge on any atom is 0.133 e. The molecule has 0 fully saturated rings. The van der Waals surface area contributed by atoms with E-state index in [-0.39, 0.29) is 11.9 Å². The van der Waals surface area contributed by atoms with Crippen LogP contribution in [0.15, 0.2) is 22.7 Å². The molecule has 2 N–H and O–H groups in total. The summed E-state index contributed by atoms with van der Waals surface area (Å²) < 4.78 is 16.5. The third kappa shape index (κ3) is 2.14. The number of nitrogen functional groups attached to an aromatic ring is 1. The van der Waals surface area contributed by atoms with Crippen LogP contribution in [0.3, 0.4) is 0 Å². The van der Waals surface area contributed by atoms with Crippen molar-refractivity contribution in [2.45, 2.75) is 26.8 Å². The van der Waals surface area contributed by atoms with Crippen molar-refractivity contribution < 1.29 is 4.39 Å². The first-order valence-electron chi connectivity index (χ1n) is 5.71. The number of anilines is 1. The van der Waals surface area contributed by atoms with Gasteiger partial charge in [0.15, 0.2) is 0 Å². The molecule has 0 amide bonds. The van der Waals surface area contributed by atoms with Crippen LogP contribution >= 0.6 is 15.9 Å². The highest BCUT2D eigenvalue weighted by atomic mass is 79.9. The summed E-state index contributed by atoms with van der Waals surface area (Å²) in [6.07, 6.45) is 0. The van der Waals surface area contributed by atoms with Crippen LogP contribution in [0.2, 0.25) is 0 Å². The van der Waals surface area contributed by atoms with Crippen LogP contribution in [0.4, 0.5) is 10.2 Å². The number of nitrogens with two attached hydrogens (primary N) is 1. The lowest BCUT2D eigenvalue weighted by molar-refractivity contribution is 0.590. The molecule has 0 atom stereocenters. The summed E-state index contributed by atoms with van der Waals surface area (Å²) in [4.78, 5) is 4.37. The summed E-state index contributed by atoms with van der Waals surface area (Å²) >= 11 is 3.23. The Bertz CT molecular complexity index is 590. The van der Waals surface area contributed by atoms with Crippen molar-refractivity contribution in [2.24, 2.45) is 0 Å². The van der Waals surface area contributed by atoms with Gasteiger partial charge in [-0.05, 0) is 39.0 Å². The van der Waals surface area contributed by atoms with Gasteiger partial charge < -0.3 is 10.3 Å². The summed E-state index contributed by atoms with van der Waals surface area (Å²) in [5, 5.41) is 0. The van der Waals surface area contributed by atoms with E-state index in [4.69, 9.17) is 5.73 Å². The highest BCUT2D eigenvalue weighted by molar-refractivity contribution is 9.10. The number of benzene rings is 1. The van der Waals surface area contributed by atoms with E-state index in [0.717, 1.165) is 5.82 Å². The van der Waals surface area contributed by atoms with E-state index in [1.807, 2.05) is 25.3 Å². The molecule has 0 saturated carbocycles. The summed E-state index contributed by atoms with van der Waals surface area (Å²) in [6.45, 7) is 5.91. The molecule has 0 bridgehead atoms. The van der Waals surface area contributed by atoms with Gasteiger partial charge in [0.25, 0.3) is 0 Å². The van der Waals surface area contributed by atoms with Crippen LogP contribution in [-0.2, 0) is 0 Å². The van der Waals surface area contributed by atoms with Crippen molar-refractivity contribution in [2.75, 3.05) is 5.73 Å². The Kier molecular flexibility index (Phi) is 3.43. The number of rotatable bonds is 2. The Balaban J connectivity index is 2.62. The normalized spacial score (nSPS) is 11.2. The lowest BCUT2D eigenvalue weighted by Crippen LogP contribution is -2.07. The molecule has 0 radical (unpaired) electrons. The molecule has 2 aromatic rings. The minimum Gasteiger partial charge on any atom is -0.383 e. The van der Waals surface area contributed by atoms with Gasteiger partial charge in [0.05, 0.1) is 0 Å². The smallest absolute Gasteiger partial charge is 0.133 e. The van der Waals surface area contributed by atoms with Crippen molar-refractivity contribution in [1.82, 2.24) is 9.55 Å². The lowest BCUT2D eigenvalue weighted by atomic mass is 10.1. The molecule has 3 nitrogen and oxygen atoms in total. The summed E-state index contributed by atoms with van der Waals surface area (Å²) in [5.74, 6) is 0.966. The van der Waals surface area contributed by atoms with Gasteiger partial charge in [-0.15, -0.1) is 0 Å². The number of hydrogen-bond acceptors (Lipinski definition) is 2. The molecule has 1 heterocycles. The van der Waals surface area contributed by atoms with E-state index in [0.29, 0.717) is 21.5 Å². The highest BCUT2D eigenvalue weighted by Gasteiger charge is 2.18. The maximum absolute atomic E-state index is 13.9. The second kappa shape index (κ2) is 4.72. The SMILES string of the molecule is Cc1nc(-c2ccc(Br)cc2F)c(N)n1C(C)C. The van der Waals surface area contributed by atoms with Gasteiger partial charge in [-0.2, -0.15) is 0 Å². The molecule has 0 aliphatic rings. The fourth-order valence-corrected chi connectivity index (χ4v) is 2.43. The minimum absolute atomic E-state index is 0.199. The van der Waals surface area contributed by atoms with E-state index in [2.05, 4.69) is 20.9 Å². The minimum atomic E-state index is -0.329. The zero-order valence-corrected chi connectivity index (χ0v) is 12.1. The third-order valence-electron chi connectivity index (χ3n) is 2.83. The van der Waals surface area contributed by atoms with Crippen LogP contribution in [0.25, 0.3) is 11.3 Å². The molecule has 0 saturated heterocycles. The molecule has 18 heavy (non-hydrogen) atoms. The molecule has 0 spiro atoms. The van der Waals surface area contributed by atoms with Crippen LogP contribution < -0.4 is 5.73 Å². The van der Waals surface area contributed by atoms with Gasteiger partial charge in [0.1, 0.15) is 23.2 Å². The number of nitrogens with zero attached hydrogens (tertiary/aromatic N) is 2. The first-order chi connectivity index (χ1) is 8.41. The van der Waals surface area contributed by atoms with Crippen molar-refractivity contribution in [3.63, 3.8) is 0 Å². The van der Waals surface area contributed by atoms with E-state index >= 15 is 0 Å². The maximum atomic E-state index is 13.9. The first kappa shape index (κ1) is 13.1. The zero-order chi connectivity index (χ0) is 13.4.